The maximum atomic E-state index is 12.5. The van der Waals surface area contributed by atoms with E-state index in [0.717, 1.165) is 12.2 Å². The van der Waals surface area contributed by atoms with Gasteiger partial charge in [-0.2, -0.15) is 0 Å². The second-order valence-electron chi connectivity index (χ2n) is 6.10. The van der Waals surface area contributed by atoms with E-state index in [4.69, 9.17) is 9.47 Å². The Morgan fingerprint density at radius 1 is 1.28 bits per heavy atom. The van der Waals surface area contributed by atoms with Crippen LogP contribution >= 0.6 is 0 Å². The lowest BCUT2D eigenvalue weighted by molar-refractivity contribution is 0.194. The Bertz CT molecular complexity index is 708. The van der Waals surface area contributed by atoms with Gasteiger partial charge in [0.2, 0.25) is 0 Å². The van der Waals surface area contributed by atoms with Gasteiger partial charge in [-0.3, -0.25) is 10.3 Å². The van der Waals surface area contributed by atoms with E-state index < -0.39 is 0 Å². The number of carbonyl (C=O) groups excluding carboxylic acids is 1. The highest BCUT2D eigenvalue weighted by atomic mass is 16.5. The van der Waals surface area contributed by atoms with E-state index in [0.29, 0.717) is 24.7 Å². The number of hydrogen-bond acceptors (Lipinski definition) is 5. The Balaban J connectivity index is 1.58. The van der Waals surface area contributed by atoms with Gasteiger partial charge >= 0.3 is 6.03 Å². The number of amides is 2. The van der Waals surface area contributed by atoms with Crippen molar-refractivity contribution in [2.75, 3.05) is 18.4 Å². The molecule has 0 saturated carbocycles. The summed E-state index contributed by atoms with van der Waals surface area (Å²) < 4.78 is 11.6. The number of ether oxygens (including phenoxy) is 2. The fourth-order valence-corrected chi connectivity index (χ4v) is 2.63. The van der Waals surface area contributed by atoms with Gasteiger partial charge in [-0.1, -0.05) is 0 Å². The maximum Gasteiger partial charge on any atom is 0.323 e. The van der Waals surface area contributed by atoms with E-state index in [9.17, 15) is 4.79 Å². The van der Waals surface area contributed by atoms with Crippen molar-refractivity contribution in [3.63, 3.8) is 0 Å². The predicted molar refractivity (Wildman–Crippen MR) is 93.9 cm³/mol. The van der Waals surface area contributed by atoms with E-state index >= 15 is 0 Å². The molecule has 1 aliphatic heterocycles. The van der Waals surface area contributed by atoms with E-state index in [1.165, 1.54) is 0 Å². The van der Waals surface area contributed by atoms with Gasteiger partial charge in [0.05, 0.1) is 12.6 Å². The molecule has 0 spiro atoms. The number of aromatic nitrogens is 2. The van der Waals surface area contributed by atoms with Crippen molar-refractivity contribution in [3.8, 4) is 11.5 Å². The summed E-state index contributed by atoms with van der Waals surface area (Å²) in [6, 6.07) is 7.00. The lowest BCUT2D eigenvalue weighted by Crippen LogP contribution is -2.35. The quantitative estimate of drug-likeness (QED) is 0.904. The Morgan fingerprint density at radius 3 is 2.84 bits per heavy atom. The molecule has 1 fully saturated rings. The number of rotatable bonds is 5. The third-order valence-electron chi connectivity index (χ3n) is 3.74. The van der Waals surface area contributed by atoms with Crippen LogP contribution in [0.25, 0.3) is 0 Å². The molecule has 7 heteroatoms. The number of hydrogen-bond donors (Lipinski definition) is 1. The molecule has 7 nitrogen and oxygen atoms in total. The molecule has 1 atom stereocenters. The van der Waals surface area contributed by atoms with Gasteiger partial charge in [-0.15, -0.1) is 0 Å². The minimum absolute atomic E-state index is 0.00443. The van der Waals surface area contributed by atoms with Crippen molar-refractivity contribution in [1.82, 2.24) is 14.9 Å². The van der Waals surface area contributed by atoms with Gasteiger partial charge in [-0.25, -0.2) is 9.78 Å². The van der Waals surface area contributed by atoms with Crippen LogP contribution in [0, 0.1) is 0 Å². The lowest BCUT2D eigenvalue weighted by Gasteiger charge is -2.19. The van der Waals surface area contributed by atoms with Crippen molar-refractivity contribution in [1.29, 1.82) is 0 Å². The number of pyridine rings is 2. The number of urea groups is 1. The number of likely N-dealkylation sites (tertiary alicyclic amines) is 1. The monoisotopic (exact) mass is 342 g/mol. The van der Waals surface area contributed by atoms with Gasteiger partial charge in [0, 0.05) is 31.6 Å². The largest absolute Gasteiger partial charge is 0.488 e. The van der Waals surface area contributed by atoms with Crippen LogP contribution in [0.5, 0.6) is 11.5 Å². The first-order valence-electron chi connectivity index (χ1n) is 8.36. The second-order valence-corrected chi connectivity index (χ2v) is 6.10. The molecule has 2 aromatic heterocycles. The molecule has 25 heavy (non-hydrogen) atoms. The topological polar surface area (TPSA) is 76.6 Å². The Morgan fingerprint density at radius 2 is 2.08 bits per heavy atom. The van der Waals surface area contributed by atoms with Crippen molar-refractivity contribution in [2.24, 2.45) is 0 Å². The fraction of sp³-hybridized carbons (Fsp3) is 0.389. The van der Waals surface area contributed by atoms with Gasteiger partial charge in [0.1, 0.15) is 11.9 Å². The summed E-state index contributed by atoms with van der Waals surface area (Å²) in [7, 11) is 0. The van der Waals surface area contributed by atoms with Crippen LogP contribution in [0.2, 0.25) is 0 Å². The first-order chi connectivity index (χ1) is 12.1. The summed E-state index contributed by atoms with van der Waals surface area (Å²) in [6.45, 7) is 5.02. The van der Waals surface area contributed by atoms with E-state index in [1.54, 1.807) is 35.6 Å². The highest BCUT2D eigenvalue weighted by molar-refractivity contribution is 5.89. The molecule has 1 unspecified atom stereocenters. The van der Waals surface area contributed by atoms with Gasteiger partial charge < -0.3 is 14.4 Å². The molecule has 0 radical (unpaired) electrons. The zero-order valence-electron chi connectivity index (χ0n) is 14.4. The molecule has 1 N–H and O–H groups in total. The zero-order chi connectivity index (χ0) is 17.6. The number of nitrogens with one attached hydrogen (secondary N) is 1. The Labute approximate surface area is 147 Å². The molecule has 2 aromatic rings. The summed E-state index contributed by atoms with van der Waals surface area (Å²) in [6.07, 6.45) is 5.77. The molecule has 0 aromatic carbocycles. The van der Waals surface area contributed by atoms with E-state index in [-0.39, 0.29) is 18.2 Å². The molecular formula is C18H22N4O3. The molecule has 3 heterocycles. The third kappa shape index (κ3) is 4.59. The highest BCUT2D eigenvalue weighted by Gasteiger charge is 2.28. The van der Waals surface area contributed by atoms with Crippen LogP contribution in [-0.4, -0.2) is 46.2 Å². The summed E-state index contributed by atoms with van der Waals surface area (Å²) in [4.78, 5) is 22.4. The van der Waals surface area contributed by atoms with Gasteiger partial charge in [0.15, 0.2) is 11.6 Å². The molecule has 0 bridgehead atoms. The third-order valence-corrected chi connectivity index (χ3v) is 3.74. The molecule has 1 aliphatic rings. The van der Waals surface area contributed by atoms with Crippen LogP contribution in [0.15, 0.2) is 42.9 Å². The maximum absolute atomic E-state index is 12.5. The van der Waals surface area contributed by atoms with Crippen LogP contribution < -0.4 is 14.8 Å². The molecule has 0 aliphatic carbocycles. The normalized spacial score (nSPS) is 16.8. The predicted octanol–water partition coefficient (Wildman–Crippen LogP) is 2.95. The van der Waals surface area contributed by atoms with Crippen LogP contribution in [-0.2, 0) is 0 Å². The number of carbonyl (C=O) groups is 1. The first-order valence-corrected chi connectivity index (χ1v) is 8.36. The van der Waals surface area contributed by atoms with E-state index in [1.807, 2.05) is 26.0 Å². The first kappa shape index (κ1) is 17.0. The molecule has 132 valence electrons. The van der Waals surface area contributed by atoms with Crippen molar-refractivity contribution in [3.05, 3.63) is 42.9 Å². The minimum atomic E-state index is -0.201. The summed E-state index contributed by atoms with van der Waals surface area (Å²) in [5.74, 6) is 1.76. The highest BCUT2D eigenvalue weighted by Crippen LogP contribution is 2.24. The summed E-state index contributed by atoms with van der Waals surface area (Å²) >= 11 is 0. The number of nitrogens with zero attached hydrogens (tertiary/aromatic N) is 3. The summed E-state index contributed by atoms with van der Waals surface area (Å²) in [5.41, 5.74) is 0. The van der Waals surface area contributed by atoms with Crippen LogP contribution in [0.1, 0.15) is 20.3 Å². The second kappa shape index (κ2) is 7.83. The smallest absolute Gasteiger partial charge is 0.323 e. The van der Waals surface area contributed by atoms with Gasteiger partial charge in [-0.05, 0) is 38.1 Å². The van der Waals surface area contributed by atoms with Crippen molar-refractivity contribution in [2.45, 2.75) is 32.5 Å². The van der Waals surface area contributed by atoms with Crippen LogP contribution in [0.3, 0.4) is 0 Å². The van der Waals surface area contributed by atoms with Crippen LogP contribution in [0.4, 0.5) is 10.6 Å². The zero-order valence-corrected chi connectivity index (χ0v) is 14.4. The van der Waals surface area contributed by atoms with Crippen molar-refractivity contribution >= 4 is 11.8 Å². The average molecular weight is 342 g/mol. The molecule has 1 saturated heterocycles. The fourth-order valence-electron chi connectivity index (χ4n) is 2.63. The van der Waals surface area contributed by atoms with Gasteiger partial charge in [0.25, 0.3) is 0 Å². The Kier molecular flexibility index (Phi) is 5.33. The summed E-state index contributed by atoms with van der Waals surface area (Å²) in [5, 5.41) is 2.83. The Hall–Kier alpha value is -2.83. The molecule has 3 rings (SSSR count). The lowest BCUT2D eigenvalue weighted by atomic mass is 10.3. The number of anilines is 1. The standard InChI is InChI=1S/C18H22N4O3/c1-13(2)24-16-4-3-8-20-17(16)21-18(23)22-11-7-15(12-22)25-14-5-9-19-10-6-14/h3-6,8-10,13,15H,7,11-12H2,1-2H3,(H,20,21,23). The minimum Gasteiger partial charge on any atom is -0.488 e. The molecule has 2 amide bonds. The van der Waals surface area contributed by atoms with E-state index in [2.05, 4.69) is 15.3 Å². The van der Waals surface area contributed by atoms with Crippen molar-refractivity contribution < 1.29 is 14.3 Å². The molecular weight excluding hydrogens is 320 g/mol. The SMILES string of the molecule is CC(C)Oc1cccnc1NC(=O)N1CCC(Oc2ccncc2)C1. The average Bonchev–Trinajstić information content (AvgIpc) is 3.06.